The highest BCUT2D eigenvalue weighted by molar-refractivity contribution is 5.67. The molecule has 1 fully saturated rings. The maximum absolute atomic E-state index is 12.0. The molecule has 0 spiro atoms. The first-order valence-electron chi connectivity index (χ1n) is 6.88. The molecule has 1 aromatic carbocycles. The Morgan fingerprint density at radius 3 is 2.95 bits per heavy atom. The van der Waals surface area contributed by atoms with Gasteiger partial charge >= 0.3 is 6.09 Å². The van der Waals surface area contributed by atoms with Gasteiger partial charge in [0.05, 0.1) is 25.9 Å². The van der Waals surface area contributed by atoms with Crippen LogP contribution in [0.15, 0.2) is 30.3 Å². The number of aliphatic hydroxyl groups excluding tert-OH is 1. The highest BCUT2D eigenvalue weighted by Crippen LogP contribution is 2.11. The molecule has 2 atom stereocenters. The summed E-state index contributed by atoms with van der Waals surface area (Å²) in [5, 5.41) is 9.96. The van der Waals surface area contributed by atoms with Gasteiger partial charge in [0.2, 0.25) is 0 Å². The molecule has 110 valence electrons. The fraction of sp³-hybridized carbons (Fsp3) is 0.533. The Morgan fingerprint density at radius 1 is 1.45 bits per heavy atom. The molecule has 1 amide bonds. The van der Waals surface area contributed by atoms with E-state index in [0.29, 0.717) is 19.8 Å². The summed E-state index contributed by atoms with van der Waals surface area (Å²) in [4.78, 5) is 13.5. The molecule has 2 rings (SSSR count). The summed E-state index contributed by atoms with van der Waals surface area (Å²) in [6.45, 7) is 3.87. The molecule has 1 saturated heterocycles. The Kier molecular flexibility index (Phi) is 5.38. The van der Waals surface area contributed by atoms with Crippen LogP contribution in [0.4, 0.5) is 4.79 Å². The van der Waals surface area contributed by atoms with Gasteiger partial charge in [-0.15, -0.1) is 0 Å². The van der Waals surface area contributed by atoms with Crippen LogP contribution in [-0.4, -0.2) is 48.5 Å². The number of ether oxygens (including phenoxy) is 2. The van der Waals surface area contributed by atoms with E-state index in [1.807, 2.05) is 37.3 Å². The first-order chi connectivity index (χ1) is 9.66. The number of rotatable bonds is 2. The van der Waals surface area contributed by atoms with Crippen molar-refractivity contribution in [1.29, 1.82) is 0 Å². The first-order valence-corrected chi connectivity index (χ1v) is 6.88. The quantitative estimate of drug-likeness (QED) is 0.894. The summed E-state index contributed by atoms with van der Waals surface area (Å²) in [6, 6.07) is 9.53. The summed E-state index contributed by atoms with van der Waals surface area (Å²) in [5.41, 5.74) is 0.943. The smallest absolute Gasteiger partial charge is 0.410 e. The molecule has 0 saturated carbocycles. The zero-order valence-corrected chi connectivity index (χ0v) is 11.7. The second-order valence-electron chi connectivity index (χ2n) is 5.11. The summed E-state index contributed by atoms with van der Waals surface area (Å²) in [5.74, 6) is 0.0136. The minimum absolute atomic E-state index is 0.0136. The van der Waals surface area contributed by atoms with Crippen LogP contribution in [0, 0.1) is 5.92 Å². The molecule has 1 aromatic rings. The number of hydrogen-bond donors (Lipinski definition) is 1. The number of hydrogen-bond acceptors (Lipinski definition) is 4. The summed E-state index contributed by atoms with van der Waals surface area (Å²) in [6.07, 6.45) is -0.995. The van der Waals surface area contributed by atoms with Crippen molar-refractivity contribution in [2.24, 2.45) is 5.92 Å². The molecule has 1 aliphatic heterocycles. The van der Waals surface area contributed by atoms with Gasteiger partial charge in [0.1, 0.15) is 6.61 Å². The van der Waals surface area contributed by atoms with Gasteiger partial charge in [-0.3, -0.25) is 0 Å². The van der Waals surface area contributed by atoms with Crippen LogP contribution in [0.5, 0.6) is 0 Å². The normalized spacial score (nSPS) is 23.8. The molecule has 0 aromatic heterocycles. The van der Waals surface area contributed by atoms with Crippen molar-refractivity contribution in [1.82, 2.24) is 4.90 Å². The molecule has 5 heteroatoms. The van der Waals surface area contributed by atoms with Crippen molar-refractivity contribution in [3.63, 3.8) is 0 Å². The second kappa shape index (κ2) is 7.26. The van der Waals surface area contributed by atoms with Crippen LogP contribution in [0.25, 0.3) is 0 Å². The van der Waals surface area contributed by atoms with Crippen molar-refractivity contribution >= 4 is 6.09 Å². The number of nitrogens with zero attached hydrogens (tertiary/aromatic N) is 1. The van der Waals surface area contributed by atoms with Gasteiger partial charge in [-0.2, -0.15) is 0 Å². The van der Waals surface area contributed by atoms with Crippen LogP contribution in [0.3, 0.4) is 0 Å². The SMILES string of the molecule is C[C@H]1COCCN(C(=O)OCc2ccccc2)C[C@@H]1O. The molecule has 1 heterocycles. The van der Waals surface area contributed by atoms with Crippen LogP contribution >= 0.6 is 0 Å². The lowest BCUT2D eigenvalue weighted by atomic mass is 10.1. The zero-order valence-electron chi connectivity index (χ0n) is 11.7. The monoisotopic (exact) mass is 279 g/mol. The highest BCUT2D eigenvalue weighted by atomic mass is 16.6. The van der Waals surface area contributed by atoms with Crippen molar-refractivity contribution in [2.45, 2.75) is 19.6 Å². The molecule has 0 unspecified atom stereocenters. The Labute approximate surface area is 119 Å². The lowest BCUT2D eigenvalue weighted by Gasteiger charge is -2.30. The van der Waals surface area contributed by atoms with Gasteiger partial charge in [-0.1, -0.05) is 37.3 Å². The maximum atomic E-state index is 12.0. The standard InChI is InChI=1S/C15H21NO4/c1-12-10-19-8-7-16(9-14(12)17)15(18)20-11-13-5-3-2-4-6-13/h2-6,12,14,17H,7-11H2,1H3/t12-,14-/m0/s1. The van der Waals surface area contributed by atoms with Crippen LogP contribution in [0.1, 0.15) is 12.5 Å². The van der Waals surface area contributed by atoms with E-state index in [1.54, 1.807) is 0 Å². The highest BCUT2D eigenvalue weighted by Gasteiger charge is 2.25. The van der Waals surface area contributed by atoms with Crippen molar-refractivity contribution in [3.05, 3.63) is 35.9 Å². The second-order valence-corrected chi connectivity index (χ2v) is 5.11. The topological polar surface area (TPSA) is 59.0 Å². The Hall–Kier alpha value is -1.59. The van der Waals surface area contributed by atoms with Gasteiger partial charge in [0.15, 0.2) is 0 Å². The number of aliphatic hydroxyl groups is 1. The van der Waals surface area contributed by atoms with E-state index in [2.05, 4.69) is 0 Å². The molecule has 0 aliphatic carbocycles. The number of β-amino-alcohol motifs (C(OH)–C–C–N with tert-alkyl or cyclic N) is 1. The van der Waals surface area contributed by atoms with Crippen LogP contribution in [-0.2, 0) is 16.1 Å². The molecule has 20 heavy (non-hydrogen) atoms. The van der Waals surface area contributed by atoms with E-state index in [9.17, 15) is 9.90 Å². The van der Waals surface area contributed by atoms with Gasteiger partial charge in [0, 0.05) is 12.5 Å². The summed E-state index contributed by atoms with van der Waals surface area (Å²) < 4.78 is 10.7. The van der Waals surface area contributed by atoms with Crippen molar-refractivity contribution in [2.75, 3.05) is 26.3 Å². The third-order valence-electron chi connectivity index (χ3n) is 3.41. The Bertz CT molecular complexity index is 423. The van der Waals surface area contributed by atoms with Gasteiger partial charge in [0.25, 0.3) is 0 Å². The van der Waals surface area contributed by atoms with Gasteiger partial charge < -0.3 is 19.5 Å². The third kappa shape index (κ3) is 4.21. The predicted molar refractivity (Wildman–Crippen MR) is 74.2 cm³/mol. The average Bonchev–Trinajstić information content (AvgIpc) is 2.46. The zero-order chi connectivity index (χ0) is 14.4. The average molecular weight is 279 g/mol. The van der Waals surface area contributed by atoms with E-state index >= 15 is 0 Å². The summed E-state index contributed by atoms with van der Waals surface area (Å²) >= 11 is 0. The van der Waals surface area contributed by atoms with E-state index in [-0.39, 0.29) is 19.1 Å². The molecular weight excluding hydrogens is 258 g/mol. The first kappa shape index (κ1) is 14.8. The number of amides is 1. The predicted octanol–water partition coefficient (Wildman–Crippen LogP) is 1.65. The number of carbonyl (C=O) groups is 1. The van der Waals surface area contributed by atoms with E-state index in [0.717, 1.165) is 5.56 Å². The molecular formula is C15H21NO4. The maximum Gasteiger partial charge on any atom is 0.410 e. The minimum Gasteiger partial charge on any atom is -0.445 e. The van der Waals surface area contributed by atoms with Gasteiger partial charge in [-0.05, 0) is 5.56 Å². The molecule has 0 radical (unpaired) electrons. The van der Waals surface area contributed by atoms with Gasteiger partial charge in [-0.25, -0.2) is 4.79 Å². The number of benzene rings is 1. The van der Waals surface area contributed by atoms with Crippen molar-refractivity contribution in [3.8, 4) is 0 Å². The molecule has 0 bridgehead atoms. The Morgan fingerprint density at radius 2 is 2.20 bits per heavy atom. The van der Waals surface area contributed by atoms with E-state index in [1.165, 1.54) is 4.90 Å². The Balaban J connectivity index is 1.87. The summed E-state index contributed by atoms with van der Waals surface area (Å²) in [7, 11) is 0. The third-order valence-corrected chi connectivity index (χ3v) is 3.41. The lowest BCUT2D eigenvalue weighted by molar-refractivity contribution is -0.0180. The van der Waals surface area contributed by atoms with Crippen LogP contribution in [0.2, 0.25) is 0 Å². The molecule has 5 nitrogen and oxygen atoms in total. The van der Waals surface area contributed by atoms with Crippen LogP contribution < -0.4 is 0 Å². The molecule has 1 N–H and O–H groups in total. The minimum atomic E-state index is -0.584. The van der Waals surface area contributed by atoms with E-state index < -0.39 is 12.2 Å². The fourth-order valence-corrected chi connectivity index (χ4v) is 2.03. The number of carbonyl (C=O) groups excluding carboxylic acids is 1. The largest absolute Gasteiger partial charge is 0.445 e. The lowest BCUT2D eigenvalue weighted by Crippen LogP contribution is -2.44. The van der Waals surface area contributed by atoms with E-state index in [4.69, 9.17) is 9.47 Å². The van der Waals surface area contributed by atoms with Crippen molar-refractivity contribution < 1.29 is 19.4 Å². The fourth-order valence-electron chi connectivity index (χ4n) is 2.03. The molecule has 1 aliphatic rings.